The molecule has 25 heavy (non-hydrogen) atoms. The smallest absolute Gasteiger partial charge is 0.408 e. The third-order valence-electron chi connectivity index (χ3n) is 4.10. The Kier molecular flexibility index (Phi) is 6.40. The van der Waals surface area contributed by atoms with Crippen molar-refractivity contribution in [3.63, 3.8) is 0 Å². The Morgan fingerprint density at radius 3 is 2.00 bits per heavy atom. The predicted octanol–water partition coefficient (Wildman–Crippen LogP) is 5.18. The minimum Gasteiger partial charge on any atom is -0.465 e. The lowest BCUT2D eigenvalue weighted by atomic mass is 9.97. The van der Waals surface area contributed by atoms with Crippen molar-refractivity contribution in [3.8, 4) is 0 Å². The first-order valence-electron chi connectivity index (χ1n) is 8.64. The summed E-state index contributed by atoms with van der Waals surface area (Å²) in [6.45, 7) is 5.80. The maximum absolute atomic E-state index is 11.9. The van der Waals surface area contributed by atoms with Crippen molar-refractivity contribution in [2.45, 2.75) is 45.2 Å². The number of benzene rings is 2. The Balaban J connectivity index is 2.23. The Hall–Kier alpha value is -2.55. The fraction of sp³-hybridized carbons (Fsp3) is 0.318. The molecule has 0 heterocycles. The lowest BCUT2D eigenvalue weighted by Gasteiger charge is -2.38. The van der Waals surface area contributed by atoms with Gasteiger partial charge in [0.1, 0.15) is 0 Å². The number of allylic oxidation sites excluding steroid dienone is 1. The molecule has 1 unspecified atom stereocenters. The third-order valence-corrected chi connectivity index (χ3v) is 4.10. The van der Waals surface area contributed by atoms with Gasteiger partial charge >= 0.3 is 6.09 Å². The van der Waals surface area contributed by atoms with Crippen LogP contribution in [-0.2, 0) is 12.8 Å². The fourth-order valence-corrected chi connectivity index (χ4v) is 3.00. The van der Waals surface area contributed by atoms with Gasteiger partial charge in [-0.3, -0.25) is 4.90 Å². The van der Waals surface area contributed by atoms with E-state index in [1.165, 1.54) is 5.56 Å². The molecule has 1 atom stereocenters. The Morgan fingerprint density at radius 1 is 1.00 bits per heavy atom. The van der Waals surface area contributed by atoms with Crippen LogP contribution in [-0.4, -0.2) is 27.7 Å². The van der Waals surface area contributed by atoms with Gasteiger partial charge in [-0.05, 0) is 44.7 Å². The van der Waals surface area contributed by atoms with E-state index in [0.29, 0.717) is 6.42 Å². The van der Waals surface area contributed by atoms with Crippen LogP contribution in [0.4, 0.5) is 4.79 Å². The molecule has 2 rings (SSSR count). The highest BCUT2D eigenvalue weighted by Crippen LogP contribution is 2.21. The molecule has 0 aliphatic heterocycles. The van der Waals surface area contributed by atoms with Gasteiger partial charge in [0.25, 0.3) is 0 Å². The van der Waals surface area contributed by atoms with Gasteiger partial charge in [-0.15, -0.1) is 0 Å². The Morgan fingerprint density at radius 2 is 1.52 bits per heavy atom. The zero-order chi connectivity index (χ0) is 18.3. The highest BCUT2D eigenvalue weighted by molar-refractivity contribution is 5.67. The van der Waals surface area contributed by atoms with E-state index in [0.717, 1.165) is 12.0 Å². The van der Waals surface area contributed by atoms with Crippen molar-refractivity contribution < 1.29 is 9.90 Å². The number of amides is 1. The first-order valence-corrected chi connectivity index (χ1v) is 8.64. The van der Waals surface area contributed by atoms with Gasteiger partial charge in [0.15, 0.2) is 0 Å². The number of hydrogen-bond donors (Lipinski definition) is 1. The highest BCUT2D eigenvalue weighted by Gasteiger charge is 2.31. The summed E-state index contributed by atoms with van der Waals surface area (Å²) < 4.78 is 0. The molecule has 2 aromatic rings. The summed E-state index contributed by atoms with van der Waals surface area (Å²) >= 11 is 0. The van der Waals surface area contributed by atoms with Crippen LogP contribution >= 0.6 is 0 Å². The van der Waals surface area contributed by atoms with Gasteiger partial charge in [0, 0.05) is 5.54 Å². The van der Waals surface area contributed by atoms with Crippen molar-refractivity contribution in [1.82, 2.24) is 4.90 Å². The Bertz CT molecular complexity index is 687. The van der Waals surface area contributed by atoms with Crippen LogP contribution in [0.25, 0.3) is 0 Å². The summed E-state index contributed by atoms with van der Waals surface area (Å²) in [5.74, 6) is 0. The molecule has 0 saturated heterocycles. The highest BCUT2D eigenvalue weighted by atomic mass is 16.4. The van der Waals surface area contributed by atoms with Crippen molar-refractivity contribution in [2.24, 2.45) is 0 Å². The van der Waals surface area contributed by atoms with Crippen LogP contribution in [0.3, 0.4) is 0 Å². The minimum absolute atomic E-state index is 0.205. The lowest BCUT2D eigenvalue weighted by molar-refractivity contribution is 0.0832. The molecule has 0 saturated carbocycles. The van der Waals surface area contributed by atoms with E-state index in [2.05, 4.69) is 18.2 Å². The number of carbonyl (C=O) groups is 1. The number of hydrogen-bond acceptors (Lipinski definition) is 1. The minimum atomic E-state index is -0.891. The van der Waals surface area contributed by atoms with Crippen LogP contribution in [0.2, 0.25) is 0 Å². The van der Waals surface area contributed by atoms with Gasteiger partial charge in [-0.25, -0.2) is 4.79 Å². The molecule has 1 N–H and O–H groups in total. The maximum atomic E-state index is 11.9. The van der Waals surface area contributed by atoms with Gasteiger partial charge in [0.2, 0.25) is 0 Å². The topological polar surface area (TPSA) is 40.5 Å². The van der Waals surface area contributed by atoms with Crippen molar-refractivity contribution in [3.05, 3.63) is 83.9 Å². The molecular formula is C22H27NO2. The molecule has 0 aliphatic carbocycles. The molecule has 2 aromatic carbocycles. The quantitative estimate of drug-likeness (QED) is 0.738. The zero-order valence-electron chi connectivity index (χ0n) is 15.2. The van der Waals surface area contributed by atoms with Gasteiger partial charge in [-0.2, -0.15) is 0 Å². The normalized spacial score (nSPS) is 12.9. The summed E-state index contributed by atoms with van der Waals surface area (Å²) in [6, 6.07) is 20.0. The van der Waals surface area contributed by atoms with E-state index in [4.69, 9.17) is 0 Å². The molecule has 0 spiro atoms. The second-order valence-corrected chi connectivity index (χ2v) is 7.20. The molecule has 0 bridgehead atoms. The summed E-state index contributed by atoms with van der Waals surface area (Å²) in [6.07, 6.45) is 4.67. The van der Waals surface area contributed by atoms with Crippen LogP contribution in [0.1, 0.15) is 31.9 Å². The van der Waals surface area contributed by atoms with Gasteiger partial charge in [0.05, 0.1) is 6.04 Å². The molecule has 0 fully saturated rings. The molecule has 0 aliphatic rings. The first-order chi connectivity index (χ1) is 11.9. The SMILES string of the molecule is CC(C)(C)N(C(=O)O)C(C=CCc1ccccc1)Cc1ccccc1. The molecule has 0 radical (unpaired) electrons. The van der Waals surface area contributed by atoms with Crippen molar-refractivity contribution >= 4 is 6.09 Å². The standard InChI is InChI=1S/C22H27NO2/c1-22(2,3)23(21(24)25)20(17-19-13-8-5-9-14-19)16-10-15-18-11-6-4-7-12-18/h4-14,16,20H,15,17H2,1-3H3,(H,24,25). The average Bonchev–Trinajstić information content (AvgIpc) is 2.55. The number of carboxylic acid groups (broad SMARTS) is 1. The number of rotatable bonds is 6. The third kappa shape index (κ3) is 5.79. The van der Waals surface area contributed by atoms with Crippen LogP contribution in [0.5, 0.6) is 0 Å². The van der Waals surface area contributed by atoms with Crippen LogP contribution < -0.4 is 0 Å². The van der Waals surface area contributed by atoms with E-state index in [-0.39, 0.29) is 6.04 Å². The second-order valence-electron chi connectivity index (χ2n) is 7.20. The van der Waals surface area contributed by atoms with E-state index in [9.17, 15) is 9.90 Å². The molecule has 132 valence electrons. The van der Waals surface area contributed by atoms with E-state index in [1.807, 2.05) is 75.4 Å². The summed E-state index contributed by atoms with van der Waals surface area (Å²) in [5.41, 5.74) is 1.88. The largest absolute Gasteiger partial charge is 0.465 e. The maximum Gasteiger partial charge on any atom is 0.408 e. The van der Waals surface area contributed by atoms with E-state index < -0.39 is 11.6 Å². The molecule has 3 nitrogen and oxygen atoms in total. The summed E-state index contributed by atoms with van der Waals surface area (Å²) in [4.78, 5) is 13.4. The van der Waals surface area contributed by atoms with Crippen LogP contribution in [0.15, 0.2) is 72.8 Å². The van der Waals surface area contributed by atoms with E-state index in [1.54, 1.807) is 4.90 Å². The molecule has 1 amide bonds. The molecule has 0 aromatic heterocycles. The predicted molar refractivity (Wildman–Crippen MR) is 103 cm³/mol. The van der Waals surface area contributed by atoms with Gasteiger partial charge < -0.3 is 5.11 Å². The summed E-state index contributed by atoms with van der Waals surface area (Å²) in [5, 5.41) is 9.77. The van der Waals surface area contributed by atoms with Crippen molar-refractivity contribution in [2.75, 3.05) is 0 Å². The van der Waals surface area contributed by atoms with E-state index >= 15 is 0 Å². The number of nitrogens with zero attached hydrogens (tertiary/aromatic N) is 1. The molecule has 3 heteroatoms. The molecular weight excluding hydrogens is 310 g/mol. The van der Waals surface area contributed by atoms with Crippen LogP contribution in [0, 0.1) is 0 Å². The van der Waals surface area contributed by atoms with Gasteiger partial charge in [-0.1, -0.05) is 72.8 Å². The first kappa shape index (κ1) is 18.8. The second kappa shape index (κ2) is 8.52. The summed E-state index contributed by atoms with van der Waals surface area (Å²) in [7, 11) is 0. The lowest BCUT2D eigenvalue weighted by Crippen LogP contribution is -2.51. The fourth-order valence-electron chi connectivity index (χ4n) is 3.00. The Labute approximate surface area is 150 Å². The monoisotopic (exact) mass is 337 g/mol. The average molecular weight is 337 g/mol. The van der Waals surface area contributed by atoms with Crippen molar-refractivity contribution in [1.29, 1.82) is 0 Å². The zero-order valence-corrected chi connectivity index (χ0v) is 15.2.